The molecule has 1 aliphatic rings. The summed E-state index contributed by atoms with van der Waals surface area (Å²) in [5.74, 6) is 0.430. The Morgan fingerprint density at radius 2 is 1.95 bits per heavy atom. The van der Waals surface area contributed by atoms with Crippen molar-refractivity contribution in [3.8, 4) is 0 Å². The first-order valence-corrected chi connectivity index (χ1v) is 6.96. The number of aliphatic hydroxyl groups excluding tert-OH is 2. The Hall–Kier alpha value is -0.970. The highest BCUT2D eigenvalue weighted by Crippen LogP contribution is 2.34. The molecule has 0 spiro atoms. The zero-order chi connectivity index (χ0) is 13.7. The predicted molar refractivity (Wildman–Crippen MR) is 72.2 cm³/mol. The highest BCUT2D eigenvalue weighted by atomic mass is 19.1. The summed E-state index contributed by atoms with van der Waals surface area (Å²) in [5, 5.41) is 18.4. The van der Waals surface area contributed by atoms with Crippen molar-refractivity contribution in [2.75, 3.05) is 26.3 Å². The molecule has 0 radical (unpaired) electrons. The fourth-order valence-corrected chi connectivity index (χ4v) is 2.54. The first-order chi connectivity index (χ1) is 9.26. The summed E-state index contributed by atoms with van der Waals surface area (Å²) in [5.41, 5.74) is 0.616. The van der Waals surface area contributed by atoms with Crippen molar-refractivity contribution in [1.82, 2.24) is 4.90 Å². The molecule has 2 N–H and O–H groups in total. The summed E-state index contributed by atoms with van der Waals surface area (Å²) in [6.45, 7) is 1.48. The van der Waals surface area contributed by atoms with Crippen LogP contribution in [0.25, 0.3) is 0 Å². The van der Waals surface area contributed by atoms with E-state index in [0.29, 0.717) is 24.4 Å². The normalized spacial score (nSPS) is 16.8. The van der Waals surface area contributed by atoms with E-state index in [1.165, 1.54) is 18.9 Å². The van der Waals surface area contributed by atoms with Gasteiger partial charge in [-0.25, -0.2) is 4.39 Å². The maximum absolute atomic E-state index is 13.9. The molecule has 106 valence electrons. The third-order valence-corrected chi connectivity index (χ3v) is 3.68. The monoisotopic (exact) mass is 267 g/mol. The van der Waals surface area contributed by atoms with Crippen LogP contribution in [0.4, 0.5) is 4.39 Å². The van der Waals surface area contributed by atoms with Crippen LogP contribution in [0.5, 0.6) is 0 Å². The second kappa shape index (κ2) is 6.98. The Morgan fingerprint density at radius 1 is 1.21 bits per heavy atom. The number of halogens is 1. The summed E-state index contributed by atoms with van der Waals surface area (Å²) < 4.78 is 13.9. The number of rotatable bonds is 8. The lowest BCUT2D eigenvalue weighted by Crippen LogP contribution is -2.34. The Bertz CT molecular complexity index is 395. The van der Waals surface area contributed by atoms with Crippen LogP contribution in [0.15, 0.2) is 24.3 Å². The molecule has 1 fully saturated rings. The number of hydrogen-bond acceptors (Lipinski definition) is 3. The van der Waals surface area contributed by atoms with Crippen molar-refractivity contribution in [2.45, 2.75) is 25.3 Å². The molecule has 19 heavy (non-hydrogen) atoms. The molecule has 1 aliphatic carbocycles. The first-order valence-electron chi connectivity index (χ1n) is 6.96. The van der Waals surface area contributed by atoms with Gasteiger partial charge in [0.2, 0.25) is 0 Å². The maximum atomic E-state index is 13.9. The molecule has 2 rings (SSSR count). The third kappa shape index (κ3) is 4.00. The average molecular weight is 267 g/mol. The van der Waals surface area contributed by atoms with Gasteiger partial charge in [-0.1, -0.05) is 18.2 Å². The summed E-state index contributed by atoms with van der Waals surface area (Å²) in [6, 6.07) is 6.56. The van der Waals surface area contributed by atoms with E-state index in [9.17, 15) is 14.6 Å². The quantitative estimate of drug-likeness (QED) is 0.756. The van der Waals surface area contributed by atoms with E-state index in [1.807, 2.05) is 6.07 Å². The molecular formula is C15H22FNO2. The summed E-state index contributed by atoms with van der Waals surface area (Å²) in [4.78, 5) is 2.10. The lowest BCUT2D eigenvalue weighted by atomic mass is 10.0. The molecule has 1 aromatic carbocycles. The van der Waals surface area contributed by atoms with E-state index in [-0.39, 0.29) is 25.1 Å². The third-order valence-electron chi connectivity index (χ3n) is 3.68. The lowest BCUT2D eigenvalue weighted by Gasteiger charge is -2.31. The summed E-state index contributed by atoms with van der Waals surface area (Å²) in [6.07, 6.45) is 2.92. The first kappa shape index (κ1) is 14.4. The second-order valence-electron chi connectivity index (χ2n) is 5.21. The van der Waals surface area contributed by atoms with Gasteiger partial charge in [0.15, 0.2) is 0 Å². The minimum absolute atomic E-state index is 0.0194. The Labute approximate surface area is 113 Å². The van der Waals surface area contributed by atoms with Crippen LogP contribution in [0, 0.1) is 11.7 Å². The van der Waals surface area contributed by atoms with Crippen LogP contribution >= 0.6 is 0 Å². The van der Waals surface area contributed by atoms with Gasteiger partial charge in [0, 0.05) is 31.3 Å². The number of benzene rings is 1. The summed E-state index contributed by atoms with van der Waals surface area (Å²) >= 11 is 0. The smallest absolute Gasteiger partial charge is 0.127 e. The SMILES string of the molecule is OCCC(c1ccccc1F)N(CCO)CC1CC1. The Balaban J connectivity index is 2.17. The van der Waals surface area contributed by atoms with Crippen LogP contribution in [-0.4, -0.2) is 41.4 Å². The molecule has 0 bridgehead atoms. The predicted octanol–water partition coefficient (Wildman–Crippen LogP) is 1.95. The van der Waals surface area contributed by atoms with Crippen molar-refractivity contribution in [1.29, 1.82) is 0 Å². The van der Waals surface area contributed by atoms with Crippen molar-refractivity contribution in [2.24, 2.45) is 5.92 Å². The van der Waals surface area contributed by atoms with Gasteiger partial charge in [0.25, 0.3) is 0 Å². The highest BCUT2D eigenvalue weighted by Gasteiger charge is 2.29. The van der Waals surface area contributed by atoms with Gasteiger partial charge < -0.3 is 10.2 Å². The van der Waals surface area contributed by atoms with Crippen molar-refractivity contribution >= 4 is 0 Å². The lowest BCUT2D eigenvalue weighted by molar-refractivity contribution is 0.120. The van der Waals surface area contributed by atoms with Crippen molar-refractivity contribution < 1.29 is 14.6 Å². The van der Waals surface area contributed by atoms with Crippen molar-refractivity contribution in [3.05, 3.63) is 35.6 Å². The number of hydrogen-bond donors (Lipinski definition) is 2. The van der Waals surface area contributed by atoms with Crippen LogP contribution in [-0.2, 0) is 0 Å². The van der Waals surface area contributed by atoms with Gasteiger partial charge >= 0.3 is 0 Å². The van der Waals surface area contributed by atoms with Gasteiger partial charge in [-0.05, 0) is 31.2 Å². The molecule has 0 aromatic heterocycles. The zero-order valence-electron chi connectivity index (χ0n) is 11.1. The van der Waals surface area contributed by atoms with E-state index < -0.39 is 0 Å². The second-order valence-corrected chi connectivity index (χ2v) is 5.21. The van der Waals surface area contributed by atoms with E-state index in [1.54, 1.807) is 12.1 Å². The van der Waals surface area contributed by atoms with E-state index in [0.717, 1.165) is 6.54 Å². The van der Waals surface area contributed by atoms with E-state index >= 15 is 0 Å². The minimum Gasteiger partial charge on any atom is -0.396 e. The van der Waals surface area contributed by atoms with Crippen LogP contribution in [0.2, 0.25) is 0 Å². The largest absolute Gasteiger partial charge is 0.396 e. The maximum Gasteiger partial charge on any atom is 0.127 e. The van der Waals surface area contributed by atoms with Crippen LogP contribution in [0.3, 0.4) is 0 Å². The zero-order valence-corrected chi connectivity index (χ0v) is 11.1. The molecule has 3 nitrogen and oxygen atoms in total. The summed E-state index contributed by atoms with van der Waals surface area (Å²) in [7, 11) is 0. The molecule has 0 heterocycles. The molecule has 1 atom stereocenters. The van der Waals surface area contributed by atoms with Crippen molar-refractivity contribution in [3.63, 3.8) is 0 Å². The molecule has 0 amide bonds. The van der Waals surface area contributed by atoms with E-state index in [4.69, 9.17) is 0 Å². The average Bonchev–Trinajstić information content (AvgIpc) is 3.21. The minimum atomic E-state index is -0.236. The molecule has 4 heteroatoms. The number of nitrogens with zero attached hydrogens (tertiary/aromatic N) is 1. The standard InChI is InChI=1S/C15H22FNO2/c16-14-4-2-1-3-13(14)15(7-9-18)17(8-10-19)11-12-5-6-12/h1-4,12,15,18-19H,5-11H2. The topological polar surface area (TPSA) is 43.7 Å². The van der Waals surface area contributed by atoms with Crippen LogP contribution < -0.4 is 0 Å². The highest BCUT2D eigenvalue weighted by molar-refractivity contribution is 5.21. The molecule has 1 unspecified atom stereocenters. The van der Waals surface area contributed by atoms with Gasteiger partial charge in [-0.15, -0.1) is 0 Å². The van der Waals surface area contributed by atoms with Gasteiger partial charge in [0.1, 0.15) is 5.82 Å². The van der Waals surface area contributed by atoms with Crippen LogP contribution in [0.1, 0.15) is 30.9 Å². The van der Waals surface area contributed by atoms with Gasteiger partial charge in [0.05, 0.1) is 6.61 Å². The molecular weight excluding hydrogens is 245 g/mol. The Morgan fingerprint density at radius 3 is 2.53 bits per heavy atom. The fraction of sp³-hybridized carbons (Fsp3) is 0.600. The molecule has 1 saturated carbocycles. The van der Waals surface area contributed by atoms with Gasteiger partial charge in [-0.3, -0.25) is 4.90 Å². The van der Waals surface area contributed by atoms with E-state index in [2.05, 4.69) is 4.90 Å². The Kier molecular flexibility index (Phi) is 5.31. The molecule has 0 saturated heterocycles. The number of aliphatic hydroxyl groups is 2. The molecule has 0 aliphatic heterocycles. The van der Waals surface area contributed by atoms with Gasteiger partial charge in [-0.2, -0.15) is 0 Å². The molecule has 1 aromatic rings. The fourth-order valence-electron chi connectivity index (χ4n) is 2.54.